The minimum Gasteiger partial charge on any atom is -0.453 e. The number of hydrogen-bond donors (Lipinski definition) is 4. The van der Waals surface area contributed by atoms with Crippen LogP contribution < -0.4 is 10.6 Å². The van der Waals surface area contributed by atoms with Crippen molar-refractivity contribution in [3.8, 4) is 34.4 Å². The monoisotopic (exact) mass is 839 g/mol. The zero-order chi connectivity index (χ0) is 43.8. The molecule has 16 heteroatoms. The zero-order valence-electron chi connectivity index (χ0n) is 35.0. The quantitative estimate of drug-likeness (QED) is 0.100. The molecular weight excluding hydrogens is 791 g/mol. The molecule has 3 aromatic carbocycles. The Hall–Kier alpha value is -7.41. The first-order valence-corrected chi connectivity index (χ1v) is 20.4. The summed E-state index contributed by atoms with van der Waals surface area (Å²) in [6.45, 7) is 5.12. The highest BCUT2D eigenvalue weighted by molar-refractivity contribution is 5.88. The number of nitrogens with zero attached hydrogens (tertiary/aromatic N) is 5. The number of imidazole rings is 2. The van der Waals surface area contributed by atoms with E-state index >= 15 is 0 Å². The molecule has 7 rings (SSSR count). The third-order valence-electron chi connectivity index (χ3n) is 11.2. The normalized spacial score (nSPS) is 17.1. The minimum absolute atomic E-state index is 0.203. The van der Waals surface area contributed by atoms with Crippen molar-refractivity contribution in [2.75, 3.05) is 40.4 Å². The van der Waals surface area contributed by atoms with Crippen molar-refractivity contribution in [1.29, 1.82) is 0 Å². The van der Waals surface area contributed by atoms with Crippen molar-refractivity contribution in [3.63, 3.8) is 0 Å². The number of aromatic nitrogens is 4. The predicted octanol–water partition coefficient (Wildman–Crippen LogP) is 5.35. The molecule has 16 nitrogen and oxygen atoms in total. The fraction of sp³-hybridized carbons (Fsp3) is 0.326. The molecule has 62 heavy (non-hydrogen) atoms. The van der Waals surface area contributed by atoms with Crippen LogP contribution in [0.4, 0.5) is 9.59 Å². The molecule has 2 aromatic heterocycles. The average molecular weight is 840 g/mol. The summed E-state index contributed by atoms with van der Waals surface area (Å²) in [4.78, 5) is 84.7. The summed E-state index contributed by atoms with van der Waals surface area (Å²) in [5.74, 6) is 6.94. The number of benzene rings is 3. The summed E-state index contributed by atoms with van der Waals surface area (Å²) in [7, 11) is 2.52. The van der Waals surface area contributed by atoms with Crippen LogP contribution in [0.3, 0.4) is 0 Å². The Labute approximate surface area is 359 Å². The molecule has 0 aliphatic carbocycles. The molecule has 4 N–H and O–H groups in total. The number of carbonyl (C=O) groups excluding carboxylic acids is 5. The van der Waals surface area contributed by atoms with Crippen LogP contribution in [-0.4, -0.2) is 111 Å². The Kier molecular flexibility index (Phi) is 13.3. The van der Waals surface area contributed by atoms with E-state index in [4.69, 9.17) is 9.47 Å². The van der Waals surface area contributed by atoms with Gasteiger partial charge in [-0.3, -0.25) is 14.4 Å². The maximum atomic E-state index is 13.9. The summed E-state index contributed by atoms with van der Waals surface area (Å²) in [5.41, 5.74) is 5.63. The smallest absolute Gasteiger partial charge is 0.407 e. The molecule has 0 radical (unpaired) electrons. The van der Waals surface area contributed by atoms with E-state index in [0.717, 1.165) is 52.9 Å². The van der Waals surface area contributed by atoms with Gasteiger partial charge in [0.15, 0.2) is 0 Å². The summed E-state index contributed by atoms with van der Waals surface area (Å²) in [6.07, 6.45) is 4.39. The van der Waals surface area contributed by atoms with Gasteiger partial charge in [-0.05, 0) is 59.7 Å². The highest BCUT2D eigenvalue weighted by Gasteiger charge is 2.39. The number of rotatable bonds is 11. The minimum atomic E-state index is -0.894. The second-order valence-corrected chi connectivity index (χ2v) is 15.4. The van der Waals surface area contributed by atoms with Gasteiger partial charge in [-0.25, -0.2) is 19.6 Å². The molecule has 0 spiro atoms. The van der Waals surface area contributed by atoms with E-state index < -0.39 is 30.3 Å². The maximum absolute atomic E-state index is 13.9. The molecule has 2 fully saturated rings. The van der Waals surface area contributed by atoms with Crippen molar-refractivity contribution in [2.45, 2.75) is 50.9 Å². The van der Waals surface area contributed by atoms with Gasteiger partial charge in [0.1, 0.15) is 29.8 Å². The molecule has 4 heterocycles. The maximum Gasteiger partial charge on any atom is 0.407 e. The number of ether oxygens (including phenoxy) is 2. The summed E-state index contributed by atoms with van der Waals surface area (Å²) in [6, 6.07) is 22.1. The van der Waals surface area contributed by atoms with Gasteiger partial charge in [-0.2, -0.15) is 0 Å². The van der Waals surface area contributed by atoms with E-state index in [-0.39, 0.29) is 36.9 Å². The van der Waals surface area contributed by atoms with E-state index in [1.54, 1.807) is 39.2 Å². The molecule has 0 bridgehead atoms. The Balaban J connectivity index is 1.000. The molecule has 0 saturated carbocycles. The molecule has 2 aliphatic heterocycles. The van der Waals surface area contributed by atoms with Crippen molar-refractivity contribution >= 4 is 30.4 Å². The average Bonchev–Trinajstić information content (AvgIpc) is 4.11. The number of nitrogens with one attached hydrogen (secondary N) is 4. The lowest BCUT2D eigenvalue weighted by atomic mass is 10.0. The van der Waals surface area contributed by atoms with Gasteiger partial charge in [0, 0.05) is 37.3 Å². The van der Waals surface area contributed by atoms with Gasteiger partial charge in [-0.15, -0.1) is 0 Å². The van der Waals surface area contributed by atoms with Crippen LogP contribution in [0.15, 0.2) is 91.3 Å². The number of piperazine rings is 1. The number of alkyl carbamates (subject to hydrolysis) is 2. The van der Waals surface area contributed by atoms with Gasteiger partial charge in [-0.1, -0.05) is 80.3 Å². The standard InChI is InChI=1S/C46H49N9O7/c1-29(2)39(51-45(59)61-3)43(57)55-24-23-53(28-56)27-38(55)42-48-26-36(50-42)33-20-16-31(17-21-33)13-12-30-14-18-32(19-15-30)35-25-47-41(49-35)37-11-8-22-54(37)44(58)40(52-46(60)62-4)34-9-6-5-7-10-34/h5-7,9-10,14-21,25-26,28-29,37-40H,8,11,22-24,27H2,1-4H3,(H,47,49)(H,48,50)(H,51,59)(H,52,60)/t37-,38-,39-,40+/m0/s1. The number of hydrogen-bond acceptors (Lipinski definition) is 9. The number of H-pyrrole nitrogens is 2. The van der Waals surface area contributed by atoms with Crippen molar-refractivity contribution in [1.82, 2.24) is 45.3 Å². The highest BCUT2D eigenvalue weighted by atomic mass is 16.5. The second-order valence-electron chi connectivity index (χ2n) is 15.4. The molecule has 320 valence electrons. The molecule has 2 saturated heterocycles. The van der Waals surface area contributed by atoms with Crippen molar-refractivity contribution in [3.05, 3.63) is 120 Å². The Bertz CT molecular complexity index is 2440. The van der Waals surface area contributed by atoms with Crippen LogP contribution in [0.5, 0.6) is 0 Å². The topological polar surface area (TPSA) is 195 Å². The van der Waals surface area contributed by atoms with Gasteiger partial charge >= 0.3 is 12.2 Å². The molecule has 4 atom stereocenters. The first-order chi connectivity index (χ1) is 30.1. The molecule has 2 aliphatic rings. The van der Waals surface area contributed by atoms with Crippen LogP contribution in [0.1, 0.15) is 73.2 Å². The van der Waals surface area contributed by atoms with E-state index in [2.05, 4.69) is 42.4 Å². The highest BCUT2D eigenvalue weighted by Crippen LogP contribution is 2.34. The number of amides is 5. The van der Waals surface area contributed by atoms with E-state index in [1.165, 1.54) is 14.2 Å². The largest absolute Gasteiger partial charge is 0.453 e. The number of carbonyl (C=O) groups is 5. The molecule has 5 aromatic rings. The molecular formula is C46H49N9O7. The number of methoxy groups -OCH3 is 2. The number of aromatic amines is 2. The fourth-order valence-corrected chi connectivity index (χ4v) is 7.78. The Morgan fingerprint density at radius 1 is 0.726 bits per heavy atom. The van der Waals surface area contributed by atoms with Gasteiger partial charge < -0.3 is 44.8 Å². The number of likely N-dealkylation sites (tertiary alicyclic amines) is 1. The lowest BCUT2D eigenvalue weighted by Gasteiger charge is -2.41. The van der Waals surface area contributed by atoms with Crippen LogP contribution >= 0.6 is 0 Å². The van der Waals surface area contributed by atoms with Gasteiger partial charge in [0.05, 0.1) is 44.0 Å². The first kappa shape index (κ1) is 42.7. The predicted molar refractivity (Wildman–Crippen MR) is 229 cm³/mol. The van der Waals surface area contributed by atoms with E-state index in [9.17, 15) is 24.0 Å². The summed E-state index contributed by atoms with van der Waals surface area (Å²) in [5, 5.41) is 5.35. The van der Waals surface area contributed by atoms with Crippen LogP contribution in [0.25, 0.3) is 22.5 Å². The van der Waals surface area contributed by atoms with E-state index in [1.807, 2.05) is 80.6 Å². The fourth-order valence-electron chi connectivity index (χ4n) is 7.78. The summed E-state index contributed by atoms with van der Waals surface area (Å²) < 4.78 is 9.57. The third-order valence-corrected chi connectivity index (χ3v) is 11.2. The van der Waals surface area contributed by atoms with Crippen LogP contribution in [0.2, 0.25) is 0 Å². The lowest BCUT2D eigenvalue weighted by molar-refractivity contribution is -0.142. The van der Waals surface area contributed by atoms with Gasteiger partial charge in [0.25, 0.3) is 5.91 Å². The van der Waals surface area contributed by atoms with Crippen molar-refractivity contribution in [2.24, 2.45) is 5.92 Å². The van der Waals surface area contributed by atoms with Crippen molar-refractivity contribution < 1.29 is 33.4 Å². The first-order valence-electron chi connectivity index (χ1n) is 20.4. The zero-order valence-corrected chi connectivity index (χ0v) is 35.0. The molecule has 5 amide bonds. The van der Waals surface area contributed by atoms with Crippen LogP contribution in [0, 0.1) is 17.8 Å². The Morgan fingerprint density at radius 3 is 1.82 bits per heavy atom. The molecule has 0 unspecified atom stereocenters. The van der Waals surface area contributed by atoms with E-state index in [0.29, 0.717) is 30.3 Å². The third kappa shape index (κ3) is 9.63. The summed E-state index contributed by atoms with van der Waals surface area (Å²) >= 11 is 0. The SMILES string of the molecule is COC(=O)N[C@H](C(=O)N1CCN(C=O)C[C@H]1c1ncc(-c2ccc(C#Cc3ccc(-c4cnc([C@@H]5CCCN5C(=O)[C@H](NC(=O)OC)c5ccccc5)[nH]4)cc3)cc2)[nH]1)C(C)C. The Morgan fingerprint density at radius 2 is 1.27 bits per heavy atom. The van der Waals surface area contributed by atoms with Gasteiger partial charge in [0.2, 0.25) is 12.3 Å². The lowest BCUT2D eigenvalue weighted by Crippen LogP contribution is -2.57. The second kappa shape index (κ2) is 19.3. The van der Waals surface area contributed by atoms with Crippen LogP contribution in [-0.2, 0) is 23.9 Å².